The number of hydrogen-bond acceptors (Lipinski definition) is 3. The van der Waals surface area contributed by atoms with Crippen LogP contribution >= 0.6 is 0 Å². The van der Waals surface area contributed by atoms with Crippen LogP contribution in [0.4, 0.5) is 0 Å². The molecule has 2 aromatic rings. The number of likely N-dealkylation sites (tertiary alicyclic amines) is 1. The van der Waals surface area contributed by atoms with Crippen molar-refractivity contribution in [3.63, 3.8) is 0 Å². The molecule has 1 aliphatic carbocycles. The number of aliphatic hydroxyl groups is 2. The van der Waals surface area contributed by atoms with Gasteiger partial charge in [-0.2, -0.15) is 0 Å². The molecule has 4 rings (SSSR count). The van der Waals surface area contributed by atoms with Crippen molar-refractivity contribution in [2.45, 2.75) is 50.7 Å². The first-order valence-electron chi connectivity index (χ1n) is 9.85. The summed E-state index contributed by atoms with van der Waals surface area (Å²) >= 11 is 0. The summed E-state index contributed by atoms with van der Waals surface area (Å²) in [6.45, 7) is 4.33. The topological polar surface area (TPSA) is 43.7 Å². The molecule has 0 aromatic heterocycles. The first-order valence-corrected chi connectivity index (χ1v) is 9.85. The third kappa shape index (κ3) is 3.57. The van der Waals surface area contributed by atoms with E-state index in [1.807, 2.05) is 12.1 Å². The van der Waals surface area contributed by atoms with E-state index in [4.69, 9.17) is 0 Å². The fourth-order valence-corrected chi connectivity index (χ4v) is 4.48. The molecule has 0 bridgehead atoms. The zero-order valence-corrected chi connectivity index (χ0v) is 15.6. The molecule has 1 unspecified atom stereocenters. The number of hydrogen-bond donors (Lipinski definition) is 2. The van der Waals surface area contributed by atoms with Crippen molar-refractivity contribution < 1.29 is 10.2 Å². The van der Waals surface area contributed by atoms with E-state index in [0.717, 1.165) is 30.6 Å². The molecule has 1 fully saturated rings. The minimum atomic E-state index is -0.735. The van der Waals surface area contributed by atoms with E-state index in [-0.39, 0.29) is 0 Å². The van der Waals surface area contributed by atoms with Gasteiger partial charge < -0.3 is 15.1 Å². The van der Waals surface area contributed by atoms with Crippen molar-refractivity contribution >= 4 is 0 Å². The Labute approximate surface area is 156 Å². The van der Waals surface area contributed by atoms with Gasteiger partial charge in [0.05, 0.1) is 11.7 Å². The van der Waals surface area contributed by atoms with Crippen LogP contribution in [0.3, 0.4) is 0 Å². The standard InChI is InChI=1S/C23H29NO2/c1-17-4-2-7-21(14-17)23(26)10-12-24(13-11-23)16-22(25)20-9-8-18-5-3-6-19(18)15-20/h2,4,7-9,14-15,22,25-26H,3,5-6,10-13,16H2,1H3. The van der Waals surface area contributed by atoms with Crippen LogP contribution in [0.2, 0.25) is 0 Å². The number of piperidine rings is 1. The van der Waals surface area contributed by atoms with Crippen LogP contribution in [0.25, 0.3) is 0 Å². The Kier molecular flexibility index (Phi) is 4.87. The molecule has 1 aliphatic heterocycles. The Morgan fingerprint density at radius 2 is 1.81 bits per heavy atom. The molecule has 1 atom stereocenters. The van der Waals surface area contributed by atoms with Gasteiger partial charge in [0.15, 0.2) is 0 Å². The molecule has 0 spiro atoms. The van der Waals surface area contributed by atoms with Gasteiger partial charge in [-0.15, -0.1) is 0 Å². The minimum absolute atomic E-state index is 0.453. The van der Waals surface area contributed by atoms with Crippen LogP contribution in [0.15, 0.2) is 42.5 Å². The van der Waals surface area contributed by atoms with E-state index < -0.39 is 11.7 Å². The van der Waals surface area contributed by atoms with Crippen LogP contribution in [-0.2, 0) is 18.4 Å². The molecular formula is C23H29NO2. The number of aryl methyl sites for hydroxylation is 3. The molecule has 2 aliphatic rings. The highest BCUT2D eigenvalue weighted by Crippen LogP contribution is 2.34. The number of aliphatic hydroxyl groups excluding tert-OH is 1. The molecular weight excluding hydrogens is 322 g/mol. The highest BCUT2D eigenvalue weighted by molar-refractivity contribution is 5.36. The van der Waals surface area contributed by atoms with Gasteiger partial charge >= 0.3 is 0 Å². The van der Waals surface area contributed by atoms with E-state index >= 15 is 0 Å². The summed E-state index contributed by atoms with van der Waals surface area (Å²) in [6.07, 6.45) is 4.53. The normalized spacial score (nSPS) is 20.7. The summed E-state index contributed by atoms with van der Waals surface area (Å²) < 4.78 is 0. The second kappa shape index (κ2) is 7.15. The summed E-state index contributed by atoms with van der Waals surface area (Å²) in [6, 6.07) is 14.7. The average Bonchev–Trinajstić information content (AvgIpc) is 3.11. The number of β-amino-alcohol motifs (C(OH)–C–C–N with tert-alkyl or cyclic N) is 1. The smallest absolute Gasteiger partial charge is 0.0921 e. The van der Waals surface area contributed by atoms with Crippen molar-refractivity contribution in [2.24, 2.45) is 0 Å². The zero-order valence-electron chi connectivity index (χ0n) is 15.6. The fourth-order valence-electron chi connectivity index (χ4n) is 4.48. The molecule has 0 amide bonds. The zero-order chi connectivity index (χ0) is 18.1. The van der Waals surface area contributed by atoms with Gasteiger partial charge in [-0.25, -0.2) is 0 Å². The molecule has 2 N–H and O–H groups in total. The minimum Gasteiger partial charge on any atom is -0.387 e. The van der Waals surface area contributed by atoms with E-state index in [0.29, 0.717) is 19.4 Å². The lowest BCUT2D eigenvalue weighted by atomic mass is 9.83. The summed E-state index contributed by atoms with van der Waals surface area (Å²) in [5.41, 5.74) is 5.36. The Morgan fingerprint density at radius 1 is 1.04 bits per heavy atom. The van der Waals surface area contributed by atoms with Crippen molar-refractivity contribution in [3.05, 3.63) is 70.3 Å². The van der Waals surface area contributed by atoms with Crippen LogP contribution in [0.1, 0.15) is 53.2 Å². The third-order valence-electron chi connectivity index (χ3n) is 6.18. The first kappa shape index (κ1) is 17.7. The van der Waals surface area contributed by atoms with Gasteiger partial charge in [0.1, 0.15) is 0 Å². The van der Waals surface area contributed by atoms with Gasteiger partial charge in [-0.1, -0.05) is 48.0 Å². The predicted octanol–water partition coefficient (Wildman–Crippen LogP) is 3.50. The number of benzene rings is 2. The van der Waals surface area contributed by atoms with E-state index in [1.54, 1.807) is 0 Å². The van der Waals surface area contributed by atoms with Crippen molar-refractivity contribution in [2.75, 3.05) is 19.6 Å². The van der Waals surface area contributed by atoms with E-state index in [9.17, 15) is 10.2 Å². The largest absolute Gasteiger partial charge is 0.387 e. The predicted molar refractivity (Wildman–Crippen MR) is 104 cm³/mol. The Bertz CT molecular complexity index is 778. The van der Waals surface area contributed by atoms with Crippen LogP contribution in [0, 0.1) is 6.92 Å². The Morgan fingerprint density at radius 3 is 2.58 bits per heavy atom. The SMILES string of the molecule is Cc1cccc(C2(O)CCN(CC(O)c3ccc4c(c3)CCC4)CC2)c1. The fraction of sp³-hybridized carbons (Fsp3) is 0.478. The lowest BCUT2D eigenvalue weighted by Gasteiger charge is -2.39. The molecule has 3 nitrogen and oxygen atoms in total. The maximum atomic E-state index is 11.1. The van der Waals surface area contributed by atoms with E-state index in [1.165, 1.54) is 29.5 Å². The number of rotatable bonds is 4. The summed E-state index contributed by atoms with van der Waals surface area (Å²) in [4.78, 5) is 2.28. The molecule has 0 radical (unpaired) electrons. The maximum absolute atomic E-state index is 11.1. The van der Waals surface area contributed by atoms with Gasteiger partial charge in [0.25, 0.3) is 0 Å². The monoisotopic (exact) mass is 351 g/mol. The van der Waals surface area contributed by atoms with Gasteiger partial charge in [0.2, 0.25) is 0 Å². The van der Waals surface area contributed by atoms with Crippen molar-refractivity contribution in [1.29, 1.82) is 0 Å². The molecule has 26 heavy (non-hydrogen) atoms. The van der Waals surface area contributed by atoms with Crippen LogP contribution < -0.4 is 0 Å². The first-order chi connectivity index (χ1) is 12.5. The highest BCUT2D eigenvalue weighted by Gasteiger charge is 2.34. The highest BCUT2D eigenvalue weighted by atomic mass is 16.3. The Hall–Kier alpha value is -1.68. The number of nitrogens with zero attached hydrogens (tertiary/aromatic N) is 1. The molecule has 138 valence electrons. The summed E-state index contributed by atoms with van der Waals surface area (Å²) in [5, 5.41) is 21.7. The lowest BCUT2D eigenvalue weighted by Crippen LogP contribution is -2.44. The summed E-state index contributed by atoms with van der Waals surface area (Å²) in [7, 11) is 0. The third-order valence-corrected chi connectivity index (χ3v) is 6.18. The molecule has 3 heteroatoms. The average molecular weight is 351 g/mol. The lowest BCUT2D eigenvalue weighted by molar-refractivity contribution is -0.0345. The van der Waals surface area contributed by atoms with Crippen molar-refractivity contribution in [1.82, 2.24) is 4.90 Å². The molecule has 2 aromatic carbocycles. The molecule has 1 saturated heterocycles. The van der Waals surface area contributed by atoms with Crippen LogP contribution in [0.5, 0.6) is 0 Å². The van der Waals surface area contributed by atoms with Gasteiger partial charge in [-0.3, -0.25) is 0 Å². The van der Waals surface area contributed by atoms with Gasteiger partial charge in [-0.05, 0) is 61.3 Å². The second-order valence-electron chi connectivity index (χ2n) is 8.10. The van der Waals surface area contributed by atoms with E-state index in [2.05, 4.69) is 42.2 Å². The van der Waals surface area contributed by atoms with Crippen LogP contribution in [-0.4, -0.2) is 34.7 Å². The second-order valence-corrected chi connectivity index (χ2v) is 8.10. The summed E-state index contributed by atoms with van der Waals surface area (Å²) in [5.74, 6) is 0. The Balaban J connectivity index is 1.37. The molecule has 1 heterocycles. The molecule has 0 saturated carbocycles. The van der Waals surface area contributed by atoms with Crippen molar-refractivity contribution in [3.8, 4) is 0 Å². The maximum Gasteiger partial charge on any atom is 0.0921 e. The quantitative estimate of drug-likeness (QED) is 0.886. The number of fused-ring (bicyclic) bond motifs is 1. The van der Waals surface area contributed by atoms with Gasteiger partial charge in [0, 0.05) is 19.6 Å².